The molecule has 2 fully saturated rings. The average molecular weight is 550 g/mol. The number of aldehydes is 1. The molecule has 1 saturated carbocycles. The first-order valence-corrected chi connectivity index (χ1v) is 13.4. The lowest BCUT2D eigenvalue weighted by Gasteiger charge is -2.33. The highest BCUT2D eigenvalue weighted by atomic mass is 16.2. The summed E-state index contributed by atoms with van der Waals surface area (Å²) in [5.41, 5.74) is 9.14. The number of carbonyl (C=O) groups is 3. The molecular weight excluding hydrogens is 518 g/mol. The number of nitrogens with two attached hydrogens (primary N) is 1. The lowest BCUT2D eigenvalue weighted by Crippen LogP contribution is -2.44. The number of imidazole rings is 1. The van der Waals surface area contributed by atoms with Crippen LogP contribution in [0.2, 0.25) is 0 Å². The van der Waals surface area contributed by atoms with E-state index in [2.05, 4.69) is 28.1 Å². The maximum atomic E-state index is 13.1. The number of likely N-dealkylation sites (tertiary alicyclic amines) is 1. The van der Waals surface area contributed by atoms with E-state index < -0.39 is 5.41 Å². The molecule has 10 heteroatoms. The van der Waals surface area contributed by atoms with Gasteiger partial charge >= 0.3 is 0 Å². The van der Waals surface area contributed by atoms with E-state index in [-0.39, 0.29) is 17.7 Å². The number of piperidine rings is 1. The Labute approximate surface area is 238 Å². The lowest BCUT2D eigenvalue weighted by molar-refractivity contribution is -0.140. The number of benzene rings is 1. The SMILES string of the molecule is C#C.Cc1ccnc(NC(=O)c2ccc(-c3nc([C@@H]4CCCN(C(=O)C5(C=O)CC5)C4)n4ccnc(N)c34)cc2)c1. The number of aromatic nitrogens is 4. The van der Waals surface area contributed by atoms with E-state index in [4.69, 9.17) is 10.7 Å². The van der Waals surface area contributed by atoms with Crippen molar-refractivity contribution in [2.75, 3.05) is 24.1 Å². The second-order valence-electron chi connectivity index (χ2n) is 10.5. The minimum atomic E-state index is -0.820. The summed E-state index contributed by atoms with van der Waals surface area (Å²) in [6.07, 6.45) is 16.9. The molecule has 3 aromatic heterocycles. The molecule has 1 aliphatic carbocycles. The van der Waals surface area contributed by atoms with Gasteiger partial charge in [-0.3, -0.25) is 14.0 Å². The zero-order chi connectivity index (χ0) is 29.1. The molecule has 6 rings (SSSR count). The highest BCUT2D eigenvalue weighted by Crippen LogP contribution is 2.46. The highest BCUT2D eigenvalue weighted by Gasteiger charge is 2.52. The van der Waals surface area contributed by atoms with Gasteiger partial charge in [0.25, 0.3) is 5.91 Å². The van der Waals surface area contributed by atoms with Crippen molar-refractivity contribution in [1.82, 2.24) is 24.3 Å². The molecule has 2 aliphatic rings. The normalized spacial score (nSPS) is 17.2. The first-order chi connectivity index (χ1) is 19.9. The Kier molecular flexibility index (Phi) is 7.53. The standard InChI is InChI=1S/C29H29N7O3.C2H2/c1-18-8-11-31-22(15-18)33-27(38)20-6-4-19(5-7-20)23-24-25(30)32-12-14-36(24)26(34-23)21-3-2-13-35(16-21)28(39)29(17-37)9-10-29;1-2/h4-8,11-12,14-15,17,21H,2-3,9-10,13,16H2,1H3,(H2,30,32)(H,31,33,38);1-2H/t21-;/m1./s1. The third-order valence-electron chi connectivity index (χ3n) is 7.70. The van der Waals surface area contributed by atoms with Gasteiger partial charge in [0, 0.05) is 48.7 Å². The van der Waals surface area contributed by atoms with Crippen LogP contribution >= 0.6 is 0 Å². The highest BCUT2D eigenvalue weighted by molar-refractivity contribution is 6.04. The smallest absolute Gasteiger partial charge is 0.256 e. The third-order valence-corrected chi connectivity index (χ3v) is 7.70. The van der Waals surface area contributed by atoms with Crippen molar-refractivity contribution in [3.05, 3.63) is 71.9 Å². The number of rotatable bonds is 6. The second kappa shape index (κ2) is 11.2. The van der Waals surface area contributed by atoms with Gasteiger partial charge in [0.1, 0.15) is 40.4 Å². The number of anilines is 2. The van der Waals surface area contributed by atoms with Crippen molar-refractivity contribution in [2.45, 2.75) is 38.5 Å². The molecule has 0 bridgehead atoms. The number of amides is 2. The zero-order valence-electron chi connectivity index (χ0n) is 22.8. The Hall–Kier alpha value is -5.04. The monoisotopic (exact) mass is 549 g/mol. The van der Waals surface area contributed by atoms with Gasteiger partial charge in [-0.05, 0) is 62.4 Å². The topological polar surface area (TPSA) is 136 Å². The summed E-state index contributed by atoms with van der Waals surface area (Å²) in [7, 11) is 0. The largest absolute Gasteiger partial charge is 0.382 e. The Morgan fingerprint density at radius 3 is 2.56 bits per heavy atom. The van der Waals surface area contributed by atoms with Crippen molar-refractivity contribution in [2.24, 2.45) is 5.41 Å². The van der Waals surface area contributed by atoms with Gasteiger partial charge in [0.15, 0.2) is 0 Å². The number of nitrogens with one attached hydrogen (secondary N) is 1. The fraction of sp³-hybridized carbons (Fsp3) is 0.290. The van der Waals surface area contributed by atoms with Gasteiger partial charge in [0.2, 0.25) is 5.91 Å². The van der Waals surface area contributed by atoms with Crippen molar-refractivity contribution in [1.29, 1.82) is 0 Å². The Bertz CT molecular complexity index is 1640. The molecule has 0 spiro atoms. The molecule has 1 saturated heterocycles. The number of aryl methyl sites for hydroxylation is 1. The molecule has 10 nitrogen and oxygen atoms in total. The molecular formula is C31H31N7O3. The van der Waals surface area contributed by atoms with E-state index in [1.54, 1.807) is 24.5 Å². The van der Waals surface area contributed by atoms with E-state index in [0.717, 1.165) is 36.1 Å². The molecule has 1 aromatic carbocycles. The first-order valence-electron chi connectivity index (χ1n) is 13.4. The van der Waals surface area contributed by atoms with E-state index in [0.29, 0.717) is 54.3 Å². The minimum absolute atomic E-state index is 0.0138. The molecule has 4 heterocycles. The number of terminal acetylenes is 1. The number of pyridine rings is 1. The van der Waals surface area contributed by atoms with Crippen LogP contribution < -0.4 is 11.1 Å². The quantitative estimate of drug-likeness (QED) is 0.212. The Balaban J connectivity index is 0.00000165. The van der Waals surface area contributed by atoms with E-state index >= 15 is 0 Å². The number of hydrogen-bond acceptors (Lipinski definition) is 7. The van der Waals surface area contributed by atoms with Crippen molar-refractivity contribution in [3.63, 3.8) is 0 Å². The summed E-state index contributed by atoms with van der Waals surface area (Å²) in [4.78, 5) is 52.7. The average Bonchev–Trinajstić information content (AvgIpc) is 3.71. The number of fused-ring (bicyclic) bond motifs is 1. The summed E-state index contributed by atoms with van der Waals surface area (Å²) in [5, 5.41) is 2.82. The Morgan fingerprint density at radius 2 is 1.88 bits per heavy atom. The van der Waals surface area contributed by atoms with Crippen LogP contribution in [0.4, 0.5) is 11.6 Å². The van der Waals surface area contributed by atoms with Crippen molar-refractivity contribution < 1.29 is 14.4 Å². The van der Waals surface area contributed by atoms with Crippen molar-refractivity contribution >= 4 is 35.3 Å². The minimum Gasteiger partial charge on any atom is -0.382 e. The number of nitrogens with zero attached hydrogens (tertiary/aromatic N) is 5. The van der Waals surface area contributed by atoms with Crippen LogP contribution in [-0.4, -0.2) is 55.4 Å². The van der Waals surface area contributed by atoms with E-state index in [9.17, 15) is 14.4 Å². The second-order valence-corrected chi connectivity index (χ2v) is 10.5. The summed E-state index contributed by atoms with van der Waals surface area (Å²) in [6, 6.07) is 10.8. The maximum Gasteiger partial charge on any atom is 0.256 e. The van der Waals surface area contributed by atoms with Gasteiger partial charge < -0.3 is 20.7 Å². The summed E-state index contributed by atoms with van der Waals surface area (Å²) >= 11 is 0. The third kappa shape index (κ3) is 5.26. The molecule has 2 amide bonds. The number of nitrogen functional groups attached to an aromatic ring is 1. The molecule has 0 radical (unpaired) electrons. The van der Waals surface area contributed by atoms with Crippen LogP contribution in [-0.2, 0) is 9.59 Å². The zero-order valence-corrected chi connectivity index (χ0v) is 22.8. The maximum absolute atomic E-state index is 13.1. The number of hydrogen-bond donors (Lipinski definition) is 2. The predicted molar refractivity (Wildman–Crippen MR) is 156 cm³/mol. The fourth-order valence-corrected chi connectivity index (χ4v) is 5.35. The van der Waals surface area contributed by atoms with Crippen LogP contribution in [0.15, 0.2) is 55.0 Å². The molecule has 1 atom stereocenters. The van der Waals surface area contributed by atoms with Crippen LogP contribution in [0.25, 0.3) is 16.8 Å². The summed E-state index contributed by atoms with van der Waals surface area (Å²) < 4.78 is 1.95. The summed E-state index contributed by atoms with van der Waals surface area (Å²) in [6.45, 7) is 3.08. The van der Waals surface area contributed by atoms with Crippen molar-refractivity contribution in [3.8, 4) is 24.1 Å². The van der Waals surface area contributed by atoms with Gasteiger partial charge in [0.05, 0.1) is 0 Å². The van der Waals surface area contributed by atoms with E-state index in [1.165, 1.54) is 0 Å². The van der Waals surface area contributed by atoms with Crippen LogP contribution in [0.1, 0.15) is 53.3 Å². The van der Waals surface area contributed by atoms with Crippen LogP contribution in [0, 0.1) is 25.2 Å². The fourth-order valence-electron chi connectivity index (χ4n) is 5.35. The van der Waals surface area contributed by atoms with E-state index in [1.807, 2.05) is 46.7 Å². The Morgan fingerprint density at radius 1 is 1.12 bits per heavy atom. The van der Waals surface area contributed by atoms with Crippen LogP contribution in [0.5, 0.6) is 0 Å². The molecule has 0 unspecified atom stereocenters. The number of carbonyl (C=O) groups excluding carboxylic acids is 3. The molecule has 208 valence electrons. The molecule has 3 N–H and O–H groups in total. The first kappa shape index (κ1) is 27.5. The van der Waals surface area contributed by atoms with Gasteiger partial charge in [-0.25, -0.2) is 15.0 Å². The van der Waals surface area contributed by atoms with Crippen LogP contribution in [0.3, 0.4) is 0 Å². The molecule has 1 aliphatic heterocycles. The van der Waals surface area contributed by atoms with Gasteiger partial charge in [-0.15, -0.1) is 12.8 Å². The van der Waals surface area contributed by atoms with Gasteiger partial charge in [-0.2, -0.15) is 0 Å². The predicted octanol–water partition coefficient (Wildman–Crippen LogP) is 3.87. The lowest BCUT2D eigenvalue weighted by atomic mass is 9.95. The summed E-state index contributed by atoms with van der Waals surface area (Å²) in [5.74, 6) is 1.30. The van der Waals surface area contributed by atoms with Gasteiger partial charge in [-0.1, -0.05) is 12.1 Å². The molecule has 41 heavy (non-hydrogen) atoms. The molecule has 4 aromatic rings.